The number of anilines is 2. The summed E-state index contributed by atoms with van der Waals surface area (Å²) in [6.07, 6.45) is -5.23. The van der Waals surface area contributed by atoms with Crippen LogP contribution in [0.3, 0.4) is 0 Å². The van der Waals surface area contributed by atoms with Gasteiger partial charge in [-0.2, -0.15) is 13.2 Å². The largest absolute Gasteiger partial charge is 0.418 e. The number of para-hydroxylation sites is 2. The standard InChI is InChI=1S/C21H17F3N2OS/c1-13-11-12-18(28-13)19-25(2)16-9-5-3-7-14(16)20(27)26(19)17-10-6-4-8-15(17)21(22,23)24/h3-12,19H,1-2H3. The number of carbonyl (C=O) groups is 1. The van der Waals surface area contributed by atoms with Gasteiger partial charge in [0.15, 0.2) is 0 Å². The molecular formula is C21H17F3N2OS. The minimum atomic E-state index is -4.57. The molecule has 1 aliphatic rings. The number of amides is 1. The van der Waals surface area contributed by atoms with Gasteiger partial charge in [-0.3, -0.25) is 9.69 Å². The summed E-state index contributed by atoms with van der Waals surface area (Å²) in [5, 5.41) is 0. The van der Waals surface area contributed by atoms with Crippen molar-refractivity contribution < 1.29 is 18.0 Å². The minimum absolute atomic E-state index is 0.141. The molecule has 0 spiro atoms. The van der Waals surface area contributed by atoms with Crippen molar-refractivity contribution in [2.75, 3.05) is 16.8 Å². The third kappa shape index (κ3) is 2.96. The van der Waals surface area contributed by atoms with E-state index >= 15 is 0 Å². The first kappa shape index (κ1) is 18.6. The third-order valence-electron chi connectivity index (χ3n) is 4.83. The van der Waals surface area contributed by atoms with Crippen molar-refractivity contribution in [1.82, 2.24) is 0 Å². The van der Waals surface area contributed by atoms with Crippen molar-refractivity contribution in [3.63, 3.8) is 0 Å². The highest BCUT2D eigenvalue weighted by molar-refractivity contribution is 7.12. The van der Waals surface area contributed by atoms with Crippen LogP contribution >= 0.6 is 11.3 Å². The summed E-state index contributed by atoms with van der Waals surface area (Å²) in [5.41, 5.74) is 0.114. The summed E-state index contributed by atoms with van der Waals surface area (Å²) >= 11 is 1.47. The van der Waals surface area contributed by atoms with E-state index in [1.165, 1.54) is 34.4 Å². The van der Waals surface area contributed by atoms with E-state index < -0.39 is 23.8 Å². The van der Waals surface area contributed by atoms with Gasteiger partial charge in [-0.25, -0.2) is 0 Å². The molecule has 1 amide bonds. The van der Waals surface area contributed by atoms with Crippen molar-refractivity contribution in [3.05, 3.63) is 81.5 Å². The molecule has 3 aromatic rings. The topological polar surface area (TPSA) is 23.6 Å². The first-order valence-electron chi connectivity index (χ1n) is 8.67. The molecular weight excluding hydrogens is 385 g/mol. The number of aryl methyl sites for hydroxylation is 1. The van der Waals surface area contributed by atoms with Crippen LogP contribution in [0.1, 0.15) is 31.8 Å². The Bertz CT molecular complexity index is 1040. The van der Waals surface area contributed by atoms with E-state index in [-0.39, 0.29) is 5.69 Å². The number of alkyl halides is 3. The molecule has 1 unspecified atom stereocenters. The number of hydrogen-bond donors (Lipinski definition) is 0. The number of rotatable bonds is 2. The molecule has 3 nitrogen and oxygen atoms in total. The summed E-state index contributed by atoms with van der Waals surface area (Å²) in [6.45, 7) is 1.93. The fraction of sp³-hybridized carbons (Fsp3) is 0.190. The second-order valence-corrected chi connectivity index (χ2v) is 7.96. The molecule has 0 radical (unpaired) electrons. The van der Waals surface area contributed by atoms with Crippen LogP contribution in [0, 0.1) is 6.92 Å². The minimum Gasteiger partial charge on any atom is -0.349 e. The van der Waals surface area contributed by atoms with Gasteiger partial charge in [0, 0.05) is 16.8 Å². The molecule has 28 heavy (non-hydrogen) atoms. The number of fused-ring (bicyclic) bond motifs is 1. The molecule has 0 N–H and O–H groups in total. The quantitative estimate of drug-likeness (QED) is 0.535. The zero-order valence-corrected chi connectivity index (χ0v) is 16.0. The van der Waals surface area contributed by atoms with Crippen LogP contribution in [0.15, 0.2) is 60.7 Å². The molecule has 0 fully saturated rings. The van der Waals surface area contributed by atoms with Crippen molar-refractivity contribution in [1.29, 1.82) is 0 Å². The van der Waals surface area contributed by atoms with Crippen LogP contribution in [0.25, 0.3) is 0 Å². The van der Waals surface area contributed by atoms with Gasteiger partial charge in [0.25, 0.3) is 5.91 Å². The van der Waals surface area contributed by atoms with Crippen molar-refractivity contribution in [2.45, 2.75) is 19.3 Å². The number of thiophene rings is 1. The highest BCUT2D eigenvalue weighted by Crippen LogP contribution is 2.45. The normalized spacial score (nSPS) is 17.0. The highest BCUT2D eigenvalue weighted by Gasteiger charge is 2.43. The van der Waals surface area contributed by atoms with Crippen LogP contribution in [0.4, 0.5) is 24.5 Å². The predicted molar refractivity (Wildman–Crippen MR) is 105 cm³/mol. The zero-order valence-electron chi connectivity index (χ0n) is 15.2. The van der Waals surface area contributed by atoms with Gasteiger partial charge in [-0.05, 0) is 43.3 Å². The molecule has 1 atom stereocenters. The van der Waals surface area contributed by atoms with E-state index in [1.807, 2.05) is 36.1 Å². The lowest BCUT2D eigenvalue weighted by molar-refractivity contribution is -0.137. The highest BCUT2D eigenvalue weighted by atomic mass is 32.1. The number of hydrogen-bond acceptors (Lipinski definition) is 3. The van der Waals surface area contributed by atoms with Crippen molar-refractivity contribution in [2.24, 2.45) is 0 Å². The molecule has 4 rings (SSSR count). The zero-order chi connectivity index (χ0) is 20.1. The Morgan fingerprint density at radius 3 is 2.21 bits per heavy atom. The van der Waals surface area contributed by atoms with E-state index in [0.29, 0.717) is 11.3 Å². The number of halogens is 3. The second-order valence-electron chi connectivity index (χ2n) is 6.64. The Morgan fingerprint density at radius 1 is 0.929 bits per heavy atom. The smallest absolute Gasteiger partial charge is 0.349 e. The maximum atomic E-state index is 13.7. The predicted octanol–water partition coefficient (Wildman–Crippen LogP) is 5.87. The maximum absolute atomic E-state index is 13.7. The Kier molecular flexibility index (Phi) is 4.42. The number of nitrogens with zero attached hydrogens (tertiary/aromatic N) is 2. The summed E-state index contributed by atoms with van der Waals surface area (Å²) in [5.74, 6) is -0.443. The molecule has 144 valence electrons. The Balaban J connectivity index is 1.97. The average Bonchev–Trinajstić information content (AvgIpc) is 3.09. The van der Waals surface area contributed by atoms with E-state index in [9.17, 15) is 18.0 Å². The maximum Gasteiger partial charge on any atom is 0.418 e. The molecule has 0 saturated heterocycles. The Hall–Kier alpha value is -2.80. The Morgan fingerprint density at radius 2 is 1.57 bits per heavy atom. The lowest BCUT2D eigenvalue weighted by atomic mass is 10.0. The molecule has 2 aromatic carbocycles. The van der Waals surface area contributed by atoms with Crippen LogP contribution in [-0.2, 0) is 6.18 Å². The number of benzene rings is 2. The van der Waals surface area contributed by atoms with Gasteiger partial charge in [-0.1, -0.05) is 24.3 Å². The molecule has 2 heterocycles. The fourth-order valence-corrected chi connectivity index (χ4v) is 4.60. The molecule has 7 heteroatoms. The van der Waals surface area contributed by atoms with Crippen LogP contribution < -0.4 is 9.80 Å². The molecule has 0 bridgehead atoms. The van der Waals surface area contributed by atoms with Gasteiger partial charge < -0.3 is 4.90 Å². The van der Waals surface area contributed by atoms with E-state index in [0.717, 1.165) is 15.8 Å². The molecule has 1 aliphatic heterocycles. The Labute approximate surface area is 164 Å². The van der Waals surface area contributed by atoms with Gasteiger partial charge >= 0.3 is 6.18 Å². The lowest BCUT2D eigenvalue weighted by Crippen LogP contribution is -2.48. The van der Waals surface area contributed by atoms with E-state index in [2.05, 4.69) is 0 Å². The van der Waals surface area contributed by atoms with E-state index in [4.69, 9.17) is 0 Å². The van der Waals surface area contributed by atoms with Gasteiger partial charge in [0.2, 0.25) is 0 Å². The first-order chi connectivity index (χ1) is 13.3. The summed E-state index contributed by atoms with van der Waals surface area (Å²) in [7, 11) is 1.80. The molecule has 0 aliphatic carbocycles. The van der Waals surface area contributed by atoms with Crippen LogP contribution in [-0.4, -0.2) is 13.0 Å². The lowest BCUT2D eigenvalue weighted by Gasteiger charge is -2.44. The average molecular weight is 402 g/mol. The van der Waals surface area contributed by atoms with Gasteiger partial charge in [-0.15, -0.1) is 11.3 Å². The van der Waals surface area contributed by atoms with Crippen LogP contribution in [0.5, 0.6) is 0 Å². The number of carbonyl (C=O) groups excluding carboxylic acids is 1. The summed E-state index contributed by atoms with van der Waals surface area (Å²) < 4.78 is 41.1. The second kappa shape index (κ2) is 6.67. The van der Waals surface area contributed by atoms with Crippen LogP contribution in [0.2, 0.25) is 0 Å². The fourth-order valence-electron chi connectivity index (χ4n) is 3.58. The van der Waals surface area contributed by atoms with Gasteiger partial charge in [0.05, 0.1) is 22.5 Å². The molecule has 0 saturated carbocycles. The summed E-state index contributed by atoms with van der Waals surface area (Å²) in [6, 6.07) is 16.0. The van der Waals surface area contributed by atoms with Crippen molar-refractivity contribution >= 4 is 28.6 Å². The SMILES string of the molecule is Cc1ccc(C2N(C)c3ccccc3C(=O)N2c2ccccc2C(F)(F)F)s1. The third-order valence-corrected chi connectivity index (χ3v) is 5.87. The van der Waals surface area contributed by atoms with E-state index in [1.54, 1.807) is 19.2 Å². The van der Waals surface area contributed by atoms with Crippen molar-refractivity contribution in [3.8, 4) is 0 Å². The summed E-state index contributed by atoms with van der Waals surface area (Å²) in [4.78, 5) is 18.3. The monoisotopic (exact) mass is 402 g/mol. The van der Waals surface area contributed by atoms with Gasteiger partial charge in [0.1, 0.15) is 6.17 Å². The molecule has 1 aromatic heterocycles. The first-order valence-corrected chi connectivity index (χ1v) is 9.48.